The molecule has 3 atom stereocenters. The van der Waals surface area contributed by atoms with Gasteiger partial charge in [-0.15, -0.1) is 0 Å². The predicted molar refractivity (Wildman–Crippen MR) is 85.4 cm³/mol. The number of carbonyl (C=O) groups excluding carboxylic acids is 1. The van der Waals surface area contributed by atoms with Gasteiger partial charge in [0.15, 0.2) is 0 Å². The van der Waals surface area contributed by atoms with Crippen LogP contribution in [0.25, 0.3) is 0 Å². The number of nitrogens with zero attached hydrogens (tertiary/aromatic N) is 1. The normalized spacial score (nSPS) is 28.8. The van der Waals surface area contributed by atoms with Gasteiger partial charge in [-0.2, -0.15) is 0 Å². The molecule has 1 amide bonds. The Labute approximate surface area is 127 Å². The average molecular weight is 286 g/mol. The maximum Gasteiger partial charge on any atom is 0.226 e. The molecule has 0 aromatic heterocycles. The molecule has 3 heteroatoms. The number of rotatable bonds is 3. The second-order valence-electron chi connectivity index (χ2n) is 6.85. The Bertz CT molecular complexity index is 508. The number of hydrogen-bond acceptors (Lipinski definition) is 2. The Morgan fingerprint density at radius 3 is 2.62 bits per heavy atom. The average Bonchev–Trinajstić information content (AvgIpc) is 3.27. The molecule has 1 N–H and O–H groups in total. The molecule has 2 unspecified atom stereocenters. The highest BCUT2D eigenvalue weighted by atomic mass is 16.2. The minimum Gasteiger partial charge on any atom is -0.337 e. The SMILES string of the molecule is CC(C)c1ccc(C2CC2C(=O)N2CCNC[C@@H]2C)cc1. The Kier molecular flexibility index (Phi) is 4.03. The van der Waals surface area contributed by atoms with Crippen LogP contribution in [0.15, 0.2) is 24.3 Å². The maximum absolute atomic E-state index is 12.6. The van der Waals surface area contributed by atoms with Crippen LogP contribution in [0.4, 0.5) is 0 Å². The van der Waals surface area contributed by atoms with E-state index in [1.165, 1.54) is 11.1 Å². The first kappa shape index (κ1) is 14.6. The summed E-state index contributed by atoms with van der Waals surface area (Å²) >= 11 is 0. The number of carbonyl (C=O) groups is 1. The third kappa shape index (κ3) is 2.98. The van der Waals surface area contributed by atoms with E-state index in [2.05, 4.69) is 55.3 Å². The summed E-state index contributed by atoms with van der Waals surface area (Å²) in [6.45, 7) is 9.27. The third-order valence-electron chi connectivity index (χ3n) is 4.92. The van der Waals surface area contributed by atoms with E-state index in [4.69, 9.17) is 0 Å². The van der Waals surface area contributed by atoms with Crippen molar-refractivity contribution in [2.24, 2.45) is 5.92 Å². The van der Waals surface area contributed by atoms with Gasteiger partial charge in [0.25, 0.3) is 0 Å². The molecule has 0 spiro atoms. The van der Waals surface area contributed by atoms with Gasteiger partial charge >= 0.3 is 0 Å². The van der Waals surface area contributed by atoms with Crippen LogP contribution in [-0.2, 0) is 4.79 Å². The molecule has 114 valence electrons. The van der Waals surface area contributed by atoms with E-state index < -0.39 is 0 Å². The smallest absolute Gasteiger partial charge is 0.226 e. The zero-order valence-electron chi connectivity index (χ0n) is 13.3. The van der Waals surface area contributed by atoms with E-state index in [9.17, 15) is 4.79 Å². The molecule has 1 aromatic carbocycles. The Morgan fingerprint density at radius 1 is 1.29 bits per heavy atom. The first-order valence-electron chi connectivity index (χ1n) is 8.19. The van der Waals surface area contributed by atoms with Crippen molar-refractivity contribution < 1.29 is 4.79 Å². The molecule has 21 heavy (non-hydrogen) atoms. The third-order valence-corrected chi connectivity index (χ3v) is 4.92. The number of hydrogen-bond donors (Lipinski definition) is 1. The van der Waals surface area contributed by atoms with Crippen LogP contribution in [0.2, 0.25) is 0 Å². The second kappa shape index (κ2) is 5.80. The maximum atomic E-state index is 12.6. The van der Waals surface area contributed by atoms with E-state index in [1.54, 1.807) is 0 Å². The summed E-state index contributed by atoms with van der Waals surface area (Å²) in [6, 6.07) is 9.19. The van der Waals surface area contributed by atoms with Crippen molar-refractivity contribution in [2.75, 3.05) is 19.6 Å². The fourth-order valence-corrected chi connectivity index (χ4v) is 3.35. The van der Waals surface area contributed by atoms with Crippen molar-refractivity contribution >= 4 is 5.91 Å². The number of benzene rings is 1. The largest absolute Gasteiger partial charge is 0.337 e. The van der Waals surface area contributed by atoms with Gasteiger partial charge in [-0.05, 0) is 36.3 Å². The second-order valence-corrected chi connectivity index (χ2v) is 6.85. The summed E-state index contributed by atoms with van der Waals surface area (Å²) in [4.78, 5) is 14.7. The van der Waals surface area contributed by atoms with E-state index in [1.807, 2.05) is 0 Å². The first-order chi connectivity index (χ1) is 10.1. The lowest BCUT2D eigenvalue weighted by Crippen LogP contribution is -2.52. The van der Waals surface area contributed by atoms with Crippen LogP contribution < -0.4 is 5.32 Å². The fourth-order valence-electron chi connectivity index (χ4n) is 3.35. The standard InChI is InChI=1S/C18H26N2O/c1-12(2)14-4-6-15(7-5-14)16-10-17(16)18(21)20-9-8-19-11-13(20)3/h4-7,12-13,16-17,19H,8-11H2,1-3H3/t13-,16?,17?/m0/s1. The zero-order chi connectivity index (χ0) is 15.0. The molecule has 3 nitrogen and oxygen atoms in total. The molecular formula is C18H26N2O. The summed E-state index contributed by atoms with van der Waals surface area (Å²) < 4.78 is 0. The van der Waals surface area contributed by atoms with Crippen molar-refractivity contribution in [1.82, 2.24) is 10.2 Å². The summed E-state index contributed by atoms with van der Waals surface area (Å²) in [5.41, 5.74) is 2.71. The van der Waals surface area contributed by atoms with E-state index in [-0.39, 0.29) is 5.92 Å². The summed E-state index contributed by atoms with van der Waals surface area (Å²) in [5, 5.41) is 3.34. The van der Waals surface area contributed by atoms with Crippen molar-refractivity contribution in [3.8, 4) is 0 Å². The van der Waals surface area contributed by atoms with Gasteiger partial charge in [-0.3, -0.25) is 4.79 Å². The Balaban J connectivity index is 1.64. The van der Waals surface area contributed by atoms with Crippen LogP contribution in [0.3, 0.4) is 0 Å². The molecule has 1 aromatic rings. The van der Waals surface area contributed by atoms with Gasteiger partial charge in [-0.1, -0.05) is 38.1 Å². The minimum atomic E-state index is 0.218. The highest BCUT2D eigenvalue weighted by molar-refractivity contribution is 5.83. The van der Waals surface area contributed by atoms with Crippen molar-refractivity contribution in [3.63, 3.8) is 0 Å². The van der Waals surface area contributed by atoms with E-state index >= 15 is 0 Å². The van der Waals surface area contributed by atoms with Crippen LogP contribution in [0.5, 0.6) is 0 Å². The molecule has 0 bridgehead atoms. The van der Waals surface area contributed by atoms with Crippen molar-refractivity contribution in [3.05, 3.63) is 35.4 Å². The topological polar surface area (TPSA) is 32.3 Å². The molecule has 1 saturated carbocycles. The predicted octanol–water partition coefficient (Wildman–Crippen LogP) is 2.73. The van der Waals surface area contributed by atoms with Crippen molar-refractivity contribution in [1.29, 1.82) is 0 Å². The molecule has 0 radical (unpaired) electrons. The van der Waals surface area contributed by atoms with Crippen LogP contribution in [0, 0.1) is 5.92 Å². The molecule has 3 rings (SSSR count). The lowest BCUT2D eigenvalue weighted by molar-refractivity contribution is -0.135. The zero-order valence-corrected chi connectivity index (χ0v) is 13.3. The highest BCUT2D eigenvalue weighted by Gasteiger charge is 2.46. The van der Waals surface area contributed by atoms with Crippen LogP contribution >= 0.6 is 0 Å². The lowest BCUT2D eigenvalue weighted by atomic mass is 9.99. The monoisotopic (exact) mass is 286 g/mol. The number of nitrogens with one attached hydrogen (secondary N) is 1. The quantitative estimate of drug-likeness (QED) is 0.926. The molecule has 1 saturated heterocycles. The Hall–Kier alpha value is -1.35. The van der Waals surface area contributed by atoms with Gasteiger partial charge in [-0.25, -0.2) is 0 Å². The molecule has 2 fully saturated rings. The summed E-state index contributed by atoms with van der Waals surface area (Å²) in [7, 11) is 0. The lowest BCUT2D eigenvalue weighted by Gasteiger charge is -2.34. The Morgan fingerprint density at radius 2 is 2.00 bits per heavy atom. The summed E-state index contributed by atoms with van der Waals surface area (Å²) in [6.07, 6.45) is 1.02. The van der Waals surface area contributed by atoms with Gasteiger partial charge in [0.1, 0.15) is 0 Å². The van der Waals surface area contributed by atoms with E-state index in [0.29, 0.717) is 23.8 Å². The molecule has 1 aliphatic heterocycles. The van der Waals surface area contributed by atoms with Crippen LogP contribution in [-0.4, -0.2) is 36.5 Å². The molecule has 1 heterocycles. The van der Waals surface area contributed by atoms with Crippen molar-refractivity contribution in [2.45, 2.75) is 45.1 Å². The van der Waals surface area contributed by atoms with Gasteiger partial charge in [0.05, 0.1) is 0 Å². The molecular weight excluding hydrogens is 260 g/mol. The van der Waals surface area contributed by atoms with Gasteiger partial charge in [0.2, 0.25) is 5.91 Å². The van der Waals surface area contributed by atoms with Crippen LogP contribution in [0.1, 0.15) is 50.2 Å². The highest BCUT2D eigenvalue weighted by Crippen LogP contribution is 2.48. The van der Waals surface area contributed by atoms with Gasteiger partial charge in [0, 0.05) is 31.6 Å². The summed E-state index contributed by atoms with van der Waals surface area (Å²) in [5.74, 6) is 1.59. The first-order valence-corrected chi connectivity index (χ1v) is 8.19. The fraction of sp³-hybridized carbons (Fsp3) is 0.611. The molecule has 2 aliphatic rings. The minimum absolute atomic E-state index is 0.218. The number of piperazine rings is 1. The van der Waals surface area contributed by atoms with Gasteiger partial charge < -0.3 is 10.2 Å². The number of amides is 1. The molecule has 1 aliphatic carbocycles. The van der Waals surface area contributed by atoms with E-state index in [0.717, 1.165) is 26.1 Å².